The van der Waals surface area contributed by atoms with Crippen LogP contribution in [0, 0.1) is 0 Å². The van der Waals surface area contributed by atoms with E-state index < -0.39 is 0 Å². The molecule has 0 unspecified atom stereocenters. The van der Waals surface area contributed by atoms with Gasteiger partial charge in [-0.2, -0.15) is 0 Å². The molecule has 1 N–H and O–H groups in total. The first kappa shape index (κ1) is 13.0. The van der Waals surface area contributed by atoms with Crippen LogP contribution in [0.2, 0.25) is 5.02 Å². The van der Waals surface area contributed by atoms with Gasteiger partial charge in [-0.05, 0) is 31.2 Å². The summed E-state index contributed by atoms with van der Waals surface area (Å²) in [6.07, 6.45) is 0.781. The minimum atomic E-state index is 0.0294. The van der Waals surface area contributed by atoms with Gasteiger partial charge in [-0.15, -0.1) is 0 Å². The molecule has 0 heterocycles. The quantitative estimate of drug-likeness (QED) is 0.804. The summed E-state index contributed by atoms with van der Waals surface area (Å²) in [7, 11) is 3.32. The number of carbonyl (C=O) groups is 1. The highest BCUT2D eigenvalue weighted by molar-refractivity contribution is 6.32. The molecule has 0 saturated heterocycles. The summed E-state index contributed by atoms with van der Waals surface area (Å²) in [5.74, 6) is 0.687. The van der Waals surface area contributed by atoms with Crippen molar-refractivity contribution in [2.24, 2.45) is 0 Å². The lowest BCUT2D eigenvalue weighted by molar-refractivity contribution is 0.0993. The number of methoxy groups -OCH3 is 1. The van der Waals surface area contributed by atoms with Crippen molar-refractivity contribution in [1.29, 1.82) is 0 Å². The Bertz CT molecular complexity index is 391. The fraction of sp³-hybridized carbons (Fsp3) is 0.417. The Kier molecular flexibility index (Phi) is 4.77. The van der Waals surface area contributed by atoms with Crippen LogP contribution in [-0.4, -0.2) is 26.5 Å². The highest BCUT2D eigenvalue weighted by Crippen LogP contribution is 2.30. The van der Waals surface area contributed by atoms with E-state index in [0.29, 0.717) is 22.9 Å². The van der Waals surface area contributed by atoms with Gasteiger partial charge in [0.2, 0.25) is 0 Å². The molecule has 0 atom stereocenters. The zero-order chi connectivity index (χ0) is 12.1. The molecule has 0 radical (unpaired) electrons. The van der Waals surface area contributed by atoms with Gasteiger partial charge in [-0.25, -0.2) is 0 Å². The van der Waals surface area contributed by atoms with Gasteiger partial charge in [-0.3, -0.25) is 4.79 Å². The largest absolute Gasteiger partial charge is 0.495 e. The predicted molar refractivity (Wildman–Crippen MR) is 65.6 cm³/mol. The third-order valence-electron chi connectivity index (χ3n) is 2.36. The number of halogens is 1. The van der Waals surface area contributed by atoms with Crippen LogP contribution in [0.3, 0.4) is 0 Å². The molecule has 0 aliphatic carbocycles. The smallest absolute Gasteiger partial charge is 0.176 e. The molecule has 4 heteroatoms. The second-order valence-electron chi connectivity index (χ2n) is 3.46. The number of hydrogen-bond donors (Lipinski definition) is 1. The molecule has 0 aliphatic heterocycles. The molecule has 0 saturated carbocycles. The third-order valence-corrected chi connectivity index (χ3v) is 2.65. The van der Waals surface area contributed by atoms with Gasteiger partial charge < -0.3 is 10.1 Å². The number of likely N-dealkylation sites (N-methyl/N-ethyl adjacent to an activating group) is 1. The SMILES string of the molecule is CCc1cc(C(=O)CNC)cc(Cl)c1OC. The molecule has 3 nitrogen and oxygen atoms in total. The first-order chi connectivity index (χ1) is 7.63. The first-order valence-electron chi connectivity index (χ1n) is 5.18. The molecule has 1 aromatic rings. The maximum Gasteiger partial charge on any atom is 0.176 e. The Morgan fingerprint density at radius 2 is 2.19 bits per heavy atom. The fourth-order valence-electron chi connectivity index (χ4n) is 1.57. The van der Waals surface area contributed by atoms with E-state index in [1.54, 1.807) is 20.2 Å². The molecule has 1 rings (SSSR count). The number of rotatable bonds is 5. The summed E-state index contributed by atoms with van der Waals surface area (Å²) in [6, 6.07) is 3.49. The minimum absolute atomic E-state index is 0.0294. The summed E-state index contributed by atoms with van der Waals surface area (Å²) in [5.41, 5.74) is 1.58. The van der Waals surface area contributed by atoms with Gasteiger partial charge >= 0.3 is 0 Å². The number of hydrogen-bond acceptors (Lipinski definition) is 3. The predicted octanol–water partition coefficient (Wildman–Crippen LogP) is 2.31. The molecule has 1 aromatic carbocycles. The summed E-state index contributed by atoms with van der Waals surface area (Å²) in [5, 5.41) is 3.31. The molecular formula is C12H16ClNO2. The topological polar surface area (TPSA) is 38.3 Å². The number of ketones is 1. The van der Waals surface area contributed by atoms with Crippen LogP contribution in [0.25, 0.3) is 0 Å². The zero-order valence-corrected chi connectivity index (χ0v) is 10.5. The van der Waals surface area contributed by atoms with Crippen LogP contribution >= 0.6 is 11.6 Å². The number of Topliss-reactive ketones (excluding diaryl/α,β-unsaturated/α-hetero) is 1. The normalized spacial score (nSPS) is 10.2. The number of ether oxygens (including phenoxy) is 1. The Hall–Kier alpha value is -1.06. The number of carbonyl (C=O) groups excluding carboxylic acids is 1. The molecule has 0 aromatic heterocycles. The van der Waals surface area contributed by atoms with Crippen LogP contribution in [0.1, 0.15) is 22.8 Å². The molecule has 0 bridgehead atoms. The van der Waals surface area contributed by atoms with Crippen LogP contribution in [-0.2, 0) is 6.42 Å². The second-order valence-corrected chi connectivity index (χ2v) is 3.86. The van der Waals surface area contributed by atoms with E-state index in [-0.39, 0.29) is 5.78 Å². The Morgan fingerprint density at radius 3 is 2.69 bits per heavy atom. The average Bonchev–Trinajstić information content (AvgIpc) is 2.28. The highest BCUT2D eigenvalue weighted by Gasteiger charge is 2.12. The minimum Gasteiger partial charge on any atom is -0.495 e. The summed E-state index contributed by atoms with van der Waals surface area (Å²) >= 11 is 6.06. The highest BCUT2D eigenvalue weighted by atomic mass is 35.5. The van der Waals surface area contributed by atoms with E-state index in [1.165, 1.54) is 0 Å². The summed E-state index contributed by atoms with van der Waals surface area (Å²) in [6.45, 7) is 2.31. The molecule has 0 spiro atoms. The molecule has 0 fully saturated rings. The van der Waals surface area contributed by atoms with Crippen LogP contribution in [0.5, 0.6) is 5.75 Å². The van der Waals surface area contributed by atoms with E-state index in [9.17, 15) is 4.79 Å². The lowest BCUT2D eigenvalue weighted by atomic mass is 10.0. The average molecular weight is 242 g/mol. The molecule has 16 heavy (non-hydrogen) atoms. The van der Waals surface area contributed by atoms with E-state index in [0.717, 1.165) is 12.0 Å². The second kappa shape index (κ2) is 5.87. The van der Waals surface area contributed by atoms with E-state index in [4.69, 9.17) is 16.3 Å². The standard InChI is InChI=1S/C12H16ClNO2/c1-4-8-5-9(11(15)7-14-2)6-10(13)12(8)16-3/h5-6,14H,4,7H2,1-3H3. The molecule has 88 valence electrons. The summed E-state index contributed by atoms with van der Waals surface area (Å²) in [4.78, 5) is 11.7. The monoisotopic (exact) mass is 241 g/mol. The van der Waals surface area contributed by atoms with Crippen molar-refractivity contribution < 1.29 is 9.53 Å². The fourth-order valence-corrected chi connectivity index (χ4v) is 1.88. The molecular weight excluding hydrogens is 226 g/mol. The first-order valence-corrected chi connectivity index (χ1v) is 5.56. The van der Waals surface area contributed by atoms with Crippen molar-refractivity contribution in [1.82, 2.24) is 5.32 Å². The van der Waals surface area contributed by atoms with Gasteiger partial charge in [-0.1, -0.05) is 18.5 Å². The van der Waals surface area contributed by atoms with E-state index in [1.807, 2.05) is 13.0 Å². The van der Waals surface area contributed by atoms with Crippen LogP contribution in [0.15, 0.2) is 12.1 Å². The lowest BCUT2D eigenvalue weighted by Gasteiger charge is -2.11. The van der Waals surface area contributed by atoms with Crippen molar-refractivity contribution in [3.63, 3.8) is 0 Å². The van der Waals surface area contributed by atoms with E-state index >= 15 is 0 Å². The van der Waals surface area contributed by atoms with Crippen molar-refractivity contribution in [3.05, 3.63) is 28.3 Å². The van der Waals surface area contributed by atoms with Gasteiger partial charge in [0.05, 0.1) is 18.7 Å². The van der Waals surface area contributed by atoms with Gasteiger partial charge in [0, 0.05) is 5.56 Å². The Balaban J connectivity index is 3.15. The summed E-state index contributed by atoms with van der Waals surface area (Å²) < 4.78 is 5.20. The Morgan fingerprint density at radius 1 is 1.50 bits per heavy atom. The van der Waals surface area contributed by atoms with Crippen molar-refractivity contribution in [2.75, 3.05) is 20.7 Å². The van der Waals surface area contributed by atoms with Crippen LogP contribution in [0.4, 0.5) is 0 Å². The van der Waals surface area contributed by atoms with Gasteiger partial charge in [0.25, 0.3) is 0 Å². The number of aryl methyl sites for hydroxylation is 1. The number of nitrogens with one attached hydrogen (secondary N) is 1. The lowest BCUT2D eigenvalue weighted by Crippen LogP contribution is -2.18. The maximum atomic E-state index is 11.7. The third kappa shape index (κ3) is 2.74. The van der Waals surface area contributed by atoms with Crippen molar-refractivity contribution in [2.45, 2.75) is 13.3 Å². The van der Waals surface area contributed by atoms with Crippen molar-refractivity contribution in [3.8, 4) is 5.75 Å². The van der Waals surface area contributed by atoms with E-state index in [2.05, 4.69) is 5.32 Å². The van der Waals surface area contributed by atoms with Gasteiger partial charge in [0.15, 0.2) is 5.78 Å². The van der Waals surface area contributed by atoms with Crippen LogP contribution < -0.4 is 10.1 Å². The zero-order valence-electron chi connectivity index (χ0n) is 9.76. The maximum absolute atomic E-state index is 11.7. The number of benzene rings is 1. The van der Waals surface area contributed by atoms with Gasteiger partial charge in [0.1, 0.15) is 5.75 Å². The molecule has 0 amide bonds. The van der Waals surface area contributed by atoms with Crippen molar-refractivity contribution >= 4 is 17.4 Å². The Labute approximate surface area is 101 Å². The molecule has 0 aliphatic rings.